The van der Waals surface area contributed by atoms with Crippen molar-refractivity contribution in [3.8, 4) is 5.82 Å². The van der Waals surface area contributed by atoms with Crippen LogP contribution in [-0.2, 0) is 14.3 Å². The van der Waals surface area contributed by atoms with E-state index >= 15 is 0 Å². The highest BCUT2D eigenvalue weighted by Gasteiger charge is 2.60. The third-order valence-electron chi connectivity index (χ3n) is 6.83. The van der Waals surface area contributed by atoms with Crippen molar-refractivity contribution in [3.63, 3.8) is 0 Å². The number of aromatic nitrogens is 3. The van der Waals surface area contributed by atoms with E-state index in [0.717, 1.165) is 6.20 Å². The van der Waals surface area contributed by atoms with Gasteiger partial charge in [0.1, 0.15) is 5.54 Å². The summed E-state index contributed by atoms with van der Waals surface area (Å²) in [5.41, 5.74) is -0.162. The fraction of sp³-hybridized carbons (Fsp3) is 0.524. The molecule has 0 unspecified atom stereocenters. The molecule has 0 N–H and O–H groups in total. The van der Waals surface area contributed by atoms with Crippen molar-refractivity contribution in [2.24, 2.45) is 0 Å². The average Bonchev–Trinajstić information content (AvgIpc) is 3.46. The van der Waals surface area contributed by atoms with Gasteiger partial charge in [-0.05, 0) is 31.4 Å². The smallest absolute Gasteiger partial charge is 0.327 e. The quantitative estimate of drug-likeness (QED) is 0.696. The highest BCUT2D eigenvalue weighted by molar-refractivity contribution is 6.07. The van der Waals surface area contributed by atoms with E-state index in [4.69, 9.17) is 9.47 Å². The van der Waals surface area contributed by atoms with Crippen molar-refractivity contribution in [1.29, 1.82) is 0 Å². The number of imide groups is 1. The van der Waals surface area contributed by atoms with Gasteiger partial charge in [0.2, 0.25) is 0 Å². The van der Waals surface area contributed by atoms with Crippen LogP contribution in [0.25, 0.3) is 5.82 Å². The van der Waals surface area contributed by atoms with Crippen LogP contribution in [0, 0.1) is 5.82 Å². The number of carbonyl (C=O) groups excluding carboxylic acids is 2. The molecular formula is C21H24FN5O4. The number of ether oxygens (including phenoxy) is 2. The minimum absolute atomic E-state index is 0.196. The molecule has 2 saturated heterocycles. The monoisotopic (exact) mass is 429 g/mol. The molecule has 164 valence electrons. The van der Waals surface area contributed by atoms with Crippen LogP contribution in [0.4, 0.5) is 9.18 Å². The Morgan fingerprint density at radius 1 is 1.10 bits per heavy atom. The second-order valence-electron chi connectivity index (χ2n) is 8.38. The van der Waals surface area contributed by atoms with E-state index in [1.807, 2.05) is 0 Å². The van der Waals surface area contributed by atoms with Gasteiger partial charge in [-0.2, -0.15) is 5.10 Å². The van der Waals surface area contributed by atoms with Crippen molar-refractivity contribution in [1.82, 2.24) is 24.6 Å². The average molecular weight is 429 g/mol. The summed E-state index contributed by atoms with van der Waals surface area (Å²) >= 11 is 0. The lowest BCUT2D eigenvalue weighted by Crippen LogP contribution is -2.54. The first-order chi connectivity index (χ1) is 14.9. The van der Waals surface area contributed by atoms with Crippen LogP contribution in [-0.4, -0.2) is 68.1 Å². The lowest BCUT2D eigenvalue weighted by molar-refractivity contribution is -0.191. The Kier molecular flexibility index (Phi) is 4.60. The molecule has 10 heteroatoms. The Bertz CT molecular complexity index is 1010. The van der Waals surface area contributed by atoms with Gasteiger partial charge in [-0.1, -0.05) is 6.07 Å². The molecule has 3 aliphatic rings. The normalized spacial score (nSPS) is 23.3. The summed E-state index contributed by atoms with van der Waals surface area (Å²) in [6.45, 7) is 2.93. The zero-order valence-electron chi connectivity index (χ0n) is 17.5. The highest BCUT2D eigenvalue weighted by atomic mass is 19.1. The lowest BCUT2D eigenvalue weighted by Gasteiger charge is -2.42. The van der Waals surface area contributed by atoms with E-state index in [1.165, 1.54) is 15.8 Å². The summed E-state index contributed by atoms with van der Waals surface area (Å²) in [5, 5.41) is 3.89. The van der Waals surface area contributed by atoms with Crippen molar-refractivity contribution in [2.75, 3.05) is 20.3 Å². The molecule has 1 saturated carbocycles. The number of likely N-dealkylation sites (N-methyl/N-ethyl adjacent to an activating group) is 1. The predicted molar refractivity (Wildman–Crippen MR) is 106 cm³/mol. The fourth-order valence-electron chi connectivity index (χ4n) is 4.88. The molecule has 2 aromatic heterocycles. The number of rotatable bonds is 3. The van der Waals surface area contributed by atoms with Crippen molar-refractivity contribution in [2.45, 2.75) is 50.0 Å². The maximum Gasteiger partial charge on any atom is 0.327 e. The van der Waals surface area contributed by atoms with Gasteiger partial charge >= 0.3 is 6.03 Å². The van der Waals surface area contributed by atoms with Crippen molar-refractivity contribution >= 4 is 11.9 Å². The standard InChI is InChI=1S/C21H24FN5O4/c1-14(15-3-4-17(23-11-15)26-13-16(22)12-24-26)27-18(28)20(25(2)19(27)29)5-7-21(8-6-20)30-9-10-31-21/h3-4,11-14H,5-10H2,1-2H3/t14-/m0/s1. The maximum atomic E-state index is 13.5. The Balaban J connectivity index is 1.36. The third kappa shape index (κ3) is 3.04. The molecule has 1 aliphatic carbocycles. The van der Waals surface area contributed by atoms with E-state index in [1.54, 1.807) is 37.2 Å². The summed E-state index contributed by atoms with van der Waals surface area (Å²) in [7, 11) is 1.69. The van der Waals surface area contributed by atoms with E-state index in [-0.39, 0.29) is 11.9 Å². The first kappa shape index (κ1) is 20.1. The summed E-state index contributed by atoms with van der Waals surface area (Å²) in [6, 6.07) is 2.64. The van der Waals surface area contributed by atoms with E-state index in [9.17, 15) is 14.0 Å². The van der Waals surface area contributed by atoms with Gasteiger partial charge in [-0.3, -0.25) is 9.69 Å². The molecule has 3 fully saturated rings. The maximum absolute atomic E-state index is 13.5. The van der Waals surface area contributed by atoms with Gasteiger partial charge in [0.15, 0.2) is 17.4 Å². The van der Waals surface area contributed by atoms with Gasteiger partial charge < -0.3 is 14.4 Å². The summed E-state index contributed by atoms with van der Waals surface area (Å²) in [6.07, 6.45) is 6.07. The number of urea groups is 1. The largest absolute Gasteiger partial charge is 0.348 e. The molecular weight excluding hydrogens is 405 g/mol. The number of carbonyl (C=O) groups is 2. The molecule has 3 amide bonds. The molecule has 0 radical (unpaired) electrons. The van der Waals surface area contributed by atoms with E-state index < -0.39 is 23.2 Å². The zero-order valence-corrected chi connectivity index (χ0v) is 17.5. The first-order valence-electron chi connectivity index (χ1n) is 10.4. The van der Waals surface area contributed by atoms with Crippen LogP contribution >= 0.6 is 0 Å². The summed E-state index contributed by atoms with van der Waals surface area (Å²) in [5.74, 6) is -0.816. The van der Waals surface area contributed by atoms with Crippen LogP contribution < -0.4 is 0 Å². The van der Waals surface area contributed by atoms with Gasteiger partial charge in [0.25, 0.3) is 5.91 Å². The molecule has 4 heterocycles. The number of halogens is 1. The van der Waals surface area contributed by atoms with Gasteiger partial charge in [-0.25, -0.2) is 18.9 Å². The molecule has 0 bridgehead atoms. The molecule has 2 aromatic rings. The highest BCUT2D eigenvalue weighted by Crippen LogP contribution is 2.47. The van der Waals surface area contributed by atoms with Gasteiger partial charge in [0.05, 0.1) is 31.6 Å². The molecule has 0 aromatic carbocycles. The minimum atomic E-state index is -0.869. The SMILES string of the molecule is C[C@@H](c1ccc(-n2cc(F)cn2)nc1)N1C(=O)N(C)C2(CCC3(CC2)OCCO3)C1=O. The van der Waals surface area contributed by atoms with E-state index in [0.29, 0.717) is 50.3 Å². The molecule has 2 spiro atoms. The Morgan fingerprint density at radius 2 is 1.81 bits per heavy atom. The number of hydrogen-bond donors (Lipinski definition) is 0. The van der Waals surface area contributed by atoms with Gasteiger partial charge in [0, 0.05) is 26.1 Å². The first-order valence-corrected chi connectivity index (χ1v) is 10.4. The molecule has 1 atom stereocenters. The van der Waals surface area contributed by atoms with Crippen LogP contribution in [0.5, 0.6) is 0 Å². The van der Waals surface area contributed by atoms with Crippen molar-refractivity contribution < 1.29 is 23.5 Å². The second-order valence-corrected chi connectivity index (χ2v) is 8.38. The lowest BCUT2D eigenvalue weighted by atomic mass is 9.77. The topological polar surface area (TPSA) is 89.8 Å². The number of amides is 3. The summed E-state index contributed by atoms with van der Waals surface area (Å²) in [4.78, 5) is 33.8. The van der Waals surface area contributed by atoms with Gasteiger partial charge in [-0.15, -0.1) is 0 Å². The van der Waals surface area contributed by atoms with E-state index in [2.05, 4.69) is 10.1 Å². The molecule has 2 aliphatic heterocycles. The van der Waals surface area contributed by atoms with Crippen molar-refractivity contribution in [3.05, 3.63) is 42.1 Å². The molecule has 5 rings (SSSR count). The molecule has 31 heavy (non-hydrogen) atoms. The van der Waals surface area contributed by atoms with Crippen LogP contribution in [0.1, 0.15) is 44.2 Å². The minimum Gasteiger partial charge on any atom is -0.348 e. The zero-order chi connectivity index (χ0) is 21.8. The number of pyridine rings is 1. The van der Waals surface area contributed by atoms with Crippen LogP contribution in [0.3, 0.4) is 0 Å². The summed E-state index contributed by atoms with van der Waals surface area (Å²) < 4.78 is 26.1. The number of hydrogen-bond acceptors (Lipinski definition) is 6. The third-order valence-corrected chi connectivity index (χ3v) is 6.83. The predicted octanol–water partition coefficient (Wildman–Crippen LogP) is 2.42. The fourth-order valence-corrected chi connectivity index (χ4v) is 4.88. The number of nitrogens with zero attached hydrogens (tertiary/aromatic N) is 5. The molecule has 9 nitrogen and oxygen atoms in total. The van der Waals surface area contributed by atoms with Crippen LogP contribution in [0.2, 0.25) is 0 Å². The second kappa shape index (κ2) is 7.10. The Hall–Kier alpha value is -2.85. The van der Waals surface area contributed by atoms with Crippen LogP contribution in [0.15, 0.2) is 30.7 Å². The Morgan fingerprint density at radius 3 is 2.39 bits per heavy atom. The Labute approximate surface area is 178 Å².